The summed E-state index contributed by atoms with van der Waals surface area (Å²) >= 11 is 0. The van der Waals surface area contributed by atoms with Crippen LogP contribution in [0.3, 0.4) is 0 Å². The third kappa shape index (κ3) is 9.84. The Labute approximate surface area is 83.7 Å². The molecule has 0 bridgehead atoms. The van der Waals surface area contributed by atoms with Gasteiger partial charge < -0.3 is 10.2 Å². The van der Waals surface area contributed by atoms with Crippen LogP contribution in [0.15, 0.2) is 0 Å². The lowest BCUT2D eigenvalue weighted by Crippen LogP contribution is -2.25. The summed E-state index contributed by atoms with van der Waals surface area (Å²) in [7, 11) is 2.22. The second-order valence-corrected chi connectivity index (χ2v) is 4.19. The first-order valence-corrected chi connectivity index (χ1v) is 5.56. The Morgan fingerprint density at radius 3 is 2.46 bits per heavy atom. The van der Waals surface area contributed by atoms with E-state index in [4.69, 9.17) is 0 Å². The van der Waals surface area contributed by atoms with E-state index in [1.165, 1.54) is 25.9 Å². The summed E-state index contributed by atoms with van der Waals surface area (Å²) < 4.78 is 0. The van der Waals surface area contributed by atoms with Crippen LogP contribution in [0, 0.1) is 5.92 Å². The molecule has 0 saturated carbocycles. The Bertz CT molecular complexity index is 102. The van der Waals surface area contributed by atoms with E-state index in [-0.39, 0.29) is 0 Å². The van der Waals surface area contributed by atoms with Crippen molar-refractivity contribution < 1.29 is 0 Å². The lowest BCUT2D eigenvalue weighted by Gasteiger charge is -2.17. The molecule has 0 heterocycles. The van der Waals surface area contributed by atoms with E-state index in [0.717, 1.165) is 19.0 Å². The third-order valence-electron chi connectivity index (χ3n) is 2.23. The van der Waals surface area contributed by atoms with E-state index in [0.29, 0.717) is 0 Å². The van der Waals surface area contributed by atoms with Crippen LogP contribution in [-0.2, 0) is 0 Å². The van der Waals surface area contributed by atoms with Crippen LogP contribution in [0.2, 0.25) is 0 Å². The minimum absolute atomic E-state index is 0.830. The van der Waals surface area contributed by atoms with Crippen molar-refractivity contribution in [2.75, 3.05) is 33.2 Å². The van der Waals surface area contributed by atoms with Gasteiger partial charge in [-0.25, -0.2) is 0 Å². The quantitative estimate of drug-likeness (QED) is 0.583. The molecule has 13 heavy (non-hydrogen) atoms. The monoisotopic (exact) mass is 186 g/mol. The first kappa shape index (κ1) is 12.9. The maximum Gasteiger partial charge on any atom is -0.000969 e. The molecule has 0 aliphatic carbocycles. The SMILES string of the molecule is CCNCCCN(C)CCC(C)C. The standard InChI is InChI=1S/C11H26N2/c1-5-12-8-6-9-13(4)10-7-11(2)3/h11-12H,5-10H2,1-4H3. The molecule has 0 aromatic heterocycles. The zero-order chi connectivity index (χ0) is 10.1. The smallest absolute Gasteiger partial charge is 0.000969 e. The Balaban J connectivity index is 3.15. The fourth-order valence-electron chi connectivity index (χ4n) is 1.24. The van der Waals surface area contributed by atoms with Crippen LogP contribution in [0.5, 0.6) is 0 Å². The molecule has 0 aliphatic heterocycles. The second-order valence-electron chi connectivity index (χ2n) is 4.19. The first-order chi connectivity index (χ1) is 6.16. The summed E-state index contributed by atoms with van der Waals surface area (Å²) in [6.07, 6.45) is 2.58. The number of rotatable bonds is 8. The number of hydrogen-bond donors (Lipinski definition) is 1. The van der Waals surface area contributed by atoms with E-state index >= 15 is 0 Å². The molecule has 2 heteroatoms. The van der Waals surface area contributed by atoms with Gasteiger partial charge in [-0.2, -0.15) is 0 Å². The molecule has 0 saturated heterocycles. The summed E-state index contributed by atoms with van der Waals surface area (Å²) in [5, 5.41) is 3.34. The van der Waals surface area contributed by atoms with Crippen molar-refractivity contribution in [2.24, 2.45) is 5.92 Å². The van der Waals surface area contributed by atoms with Crippen molar-refractivity contribution in [1.29, 1.82) is 0 Å². The molecule has 0 aromatic rings. The molecule has 2 nitrogen and oxygen atoms in total. The van der Waals surface area contributed by atoms with Crippen LogP contribution >= 0.6 is 0 Å². The Morgan fingerprint density at radius 2 is 1.92 bits per heavy atom. The van der Waals surface area contributed by atoms with Gasteiger partial charge in [-0.3, -0.25) is 0 Å². The molecule has 0 aliphatic rings. The summed E-state index contributed by atoms with van der Waals surface area (Å²) in [6, 6.07) is 0. The largest absolute Gasteiger partial charge is 0.317 e. The fourth-order valence-corrected chi connectivity index (χ4v) is 1.24. The molecule has 0 rings (SSSR count). The topological polar surface area (TPSA) is 15.3 Å². The van der Waals surface area contributed by atoms with E-state index in [1.807, 2.05) is 0 Å². The van der Waals surface area contributed by atoms with Gasteiger partial charge in [0.15, 0.2) is 0 Å². The summed E-state index contributed by atoms with van der Waals surface area (Å²) in [6.45, 7) is 11.4. The van der Waals surface area contributed by atoms with Crippen molar-refractivity contribution >= 4 is 0 Å². The maximum absolute atomic E-state index is 3.34. The second kappa shape index (κ2) is 8.52. The predicted molar refractivity (Wildman–Crippen MR) is 60.1 cm³/mol. The summed E-state index contributed by atoms with van der Waals surface area (Å²) in [4.78, 5) is 2.43. The van der Waals surface area contributed by atoms with E-state index in [2.05, 4.69) is 38.0 Å². The Kier molecular flexibility index (Phi) is 8.46. The maximum atomic E-state index is 3.34. The zero-order valence-corrected chi connectivity index (χ0v) is 9.77. The van der Waals surface area contributed by atoms with Gasteiger partial charge in [0.05, 0.1) is 0 Å². The highest BCUT2D eigenvalue weighted by atomic mass is 15.1. The van der Waals surface area contributed by atoms with E-state index in [1.54, 1.807) is 0 Å². The van der Waals surface area contributed by atoms with Gasteiger partial charge in [-0.15, -0.1) is 0 Å². The van der Waals surface area contributed by atoms with Crippen molar-refractivity contribution in [3.05, 3.63) is 0 Å². The van der Waals surface area contributed by atoms with Gasteiger partial charge in [0.25, 0.3) is 0 Å². The molecule has 80 valence electrons. The van der Waals surface area contributed by atoms with Crippen LogP contribution < -0.4 is 5.32 Å². The highest BCUT2D eigenvalue weighted by Crippen LogP contribution is 2.00. The molecular formula is C11H26N2. The van der Waals surface area contributed by atoms with Crippen molar-refractivity contribution in [3.63, 3.8) is 0 Å². The van der Waals surface area contributed by atoms with Gasteiger partial charge in [0.1, 0.15) is 0 Å². The van der Waals surface area contributed by atoms with Crippen molar-refractivity contribution in [1.82, 2.24) is 10.2 Å². The molecule has 0 aromatic carbocycles. The molecule has 1 N–H and O–H groups in total. The van der Waals surface area contributed by atoms with E-state index in [9.17, 15) is 0 Å². The van der Waals surface area contributed by atoms with Crippen LogP contribution in [0.1, 0.15) is 33.6 Å². The molecule has 0 spiro atoms. The summed E-state index contributed by atoms with van der Waals surface area (Å²) in [5.74, 6) is 0.830. The molecule has 0 radical (unpaired) electrons. The first-order valence-electron chi connectivity index (χ1n) is 5.56. The molecule has 0 fully saturated rings. The van der Waals surface area contributed by atoms with Gasteiger partial charge in [-0.05, 0) is 52.0 Å². The Hall–Kier alpha value is -0.0800. The van der Waals surface area contributed by atoms with Crippen LogP contribution in [-0.4, -0.2) is 38.1 Å². The minimum Gasteiger partial charge on any atom is -0.317 e. The van der Waals surface area contributed by atoms with Crippen LogP contribution in [0.25, 0.3) is 0 Å². The molecule has 0 unspecified atom stereocenters. The third-order valence-corrected chi connectivity index (χ3v) is 2.23. The average Bonchev–Trinajstić information content (AvgIpc) is 2.09. The average molecular weight is 186 g/mol. The van der Waals surface area contributed by atoms with Crippen molar-refractivity contribution in [2.45, 2.75) is 33.6 Å². The molecule has 0 atom stereocenters. The number of nitrogens with one attached hydrogen (secondary N) is 1. The van der Waals surface area contributed by atoms with Gasteiger partial charge >= 0.3 is 0 Å². The normalized spacial score (nSPS) is 11.5. The fraction of sp³-hybridized carbons (Fsp3) is 1.00. The highest BCUT2D eigenvalue weighted by Gasteiger charge is 1.99. The lowest BCUT2D eigenvalue weighted by atomic mass is 10.1. The minimum atomic E-state index is 0.830. The van der Waals surface area contributed by atoms with E-state index < -0.39 is 0 Å². The number of hydrogen-bond acceptors (Lipinski definition) is 2. The zero-order valence-electron chi connectivity index (χ0n) is 9.77. The van der Waals surface area contributed by atoms with Gasteiger partial charge in [0, 0.05) is 0 Å². The number of nitrogens with zero attached hydrogens (tertiary/aromatic N) is 1. The van der Waals surface area contributed by atoms with Gasteiger partial charge in [0.2, 0.25) is 0 Å². The summed E-state index contributed by atoms with van der Waals surface area (Å²) in [5.41, 5.74) is 0. The highest BCUT2D eigenvalue weighted by molar-refractivity contribution is 4.55. The predicted octanol–water partition coefficient (Wildman–Crippen LogP) is 1.96. The van der Waals surface area contributed by atoms with Gasteiger partial charge in [-0.1, -0.05) is 20.8 Å². The molecular weight excluding hydrogens is 160 g/mol. The van der Waals surface area contributed by atoms with Crippen molar-refractivity contribution in [3.8, 4) is 0 Å². The lowest BCUT2D eigenvalue weighted by molar-refractivity contribution is 0.305. The molecule has 0 amide bonds. The Morgan fingerprint density at radius 1 is 1.23 bits per heavy atom. The van der Waals surface area contributed by atoms with Crippen LogP contribution in [0.4, 0.5) is 0 Å².